The fourth-order valence-electron chi connectivity index (χ4n) is 2.88. The molecule has 0 aliphatic heterocycles. The molecule has 0 bridgehead atoms. The maximum absolute atomic E-state index is 13.2. The molecule has 0 spiro atoms. The number of nitrogens with one attached hydrogen (secondary N) is 1. The van der Waals surface area contributed by atoms with Crippen LogP contribution < -0.4 is 14.4 Å². The lowest BCUT2D eigenvalue weighted by Crippen LogP contribution is -2.52. The summed E-state index contributed by atoms with van der Waals surface area (Å²) in [6.45, 7) is 5.72. The third-order valence-corrected chi connectivity index (χ3v) is 5.50. The molecule has 29 heavy (non-hydrogen) atoms. The summed E-state index contributed by atoms with van der Waals surface area (Å²) in [5.74, 6) is -0.239. The van der Waals surface area contributed by atoms with Crippen molar-refractivity contribution in [3.8, 4) is 5.75 Å². The monoisotopic (exact) mass is 422 g/mol. The van der Waals surface area contributed by atoms with E-state index in [2.05, 4.69) is 5.32 Å². The van der Waals surface area contributed by atoms with Crippen molar-refractivity contribution in [2.24, 2.45) is 0 Å². The van der Waals surface area contributed by atoms with Crippen LogP contribution >= 0.6 is 0 Å². The number of aryl methyl sites for hydroxylation is 1. The van der Waals surface area contributed by atoms with Crippen LogP contribution in [-0.4, -0.2) is 39.3 Å². The zero-order chi connectivity index (χ0) is 21.6. The van der Waals surface area contributed by atoms with Crippen LogP contribution in [0.1, 0.15) is 25.8 Å². The molecule has 2 aromatic rings. The highest BCUT2D eigenvalue weighted by atomic mass is 32.2. The van der Waals surface area contributed by atoms with E-state index < -0.39 is 27.8 Å². The Balaban J connectivity index is 2.09. The van der Waals surface area contributed by atoms with Crippen LogP contribution in [0.4, 0.5) is 10.1 Å². The van der Waals surface area contributed by atoms with Gasteiger partial charge in [-0.3, -0.25) is 9.10 Å². The van der Waals surface area contributed by atoms with Gasteiger partial charge in [0.1, 0.15) is 24.2 Å². The second kappa shape index (κ2) is 9.73. The van der Waals surface area contributed by atoms with E-state index in [0.717, 1.165) is 28.3 Å². The Morgan fingerprint density at radius 2 is 1.72 bits per heavy atom. The third kappa shape index (κ3) is 6.45. The molecule has 0 aliphatic rings. The predicted molar refractivity (Wildman–Crippen MR) is 112 cm³/mol. The first-order valence-corrected chi connectivity index (χ1v) is 11.2. The van der Waals surface area contributed by atoms with Gasteiger partial charge < -0.3 is 10.1 Å². The molecular formula is C21H27FN2O4S. The second-order valence-corrected chi connectivity index (χ2v) is 8.85. The minimum atomic E-state index is -3.76. The molecule has 1 N–H and O–H groups in total. The number of anilines is 1. The topological polar surface area (TPSA) is 75.7 Å². The SMILES string of the molecule is CC[C@@H](C(=O)N[C@@H](C)COc1ccc(C)cc1)N(c1ccc(F)cc1)S(C)(=O)=O. The zero-order valence-corrected chi connectivity index (χ0v) is 17.9. The second-order valence-electron chi connectivity index (χ2n) is 6.99. The molecule has 6 nitrogen and oxygen atoms in total. The van der Waals surface area contributed by atoms with Crippen LogP contribution in [0, 0.1) is 12.7 Å². The Kier molecular flexibility index (Phi) is 7.61. The molecule has 0 saturated heterocycles. The lowest BCUT2D eigenvalue weighted by molar-refractivity contribution is -0.123. The van der Waals surface area contributed by atoms with Crippen LogP contribution in [0.15, 0.2) is 48.5 Å². The molecule has 2 aromatic carbocycles. The standard InChI is InChI=1S/C21H27FN2O4S/c1-5-20(24(29(4,26)27)18-10-8-17(22)9-11-18)21(25)23-16(3)14-28-19-12-6-15(2)7-13-19/h6-13,16,20H,5,14H2,1-4H3,(H,23,25)/t16-,20-/m0/s1. The Morgan fingerprint density at radius 1 is 1.14 bits per heavy atom. The molecule has 2 atom stereocenters. The van der Waals surface area contributed by atoms with Crippen LogP contribution in [0.25, 0.3) is 0 Å². The summed E-state index contributed by atoms with van der Waals surface area (Å²) in [7, 11) is -3.76. The van der Waals surface area contributed by atoms with Crippen molar-refractivity contribution in [2.45, 2.75) is 39.3 Å². The first-order chi connectivity index (χ1) is 13.6. The molecule has 0 aliphatic carbocycles. The molecule has 0 aromatic heterocycles. The molecule has 0 saturated carbocycles. The summed E-state index contributed by atoms with van der Waals surface area (Å²) in [6, 6.07) is 11.3. The van der Waals surface area contributed by atoms with Gasteiger partial charge in [-0.1, -0.05) is 24.6 Å². The van der Waals surface area contributed by atoms with Gasteiger partial charge in [0.25, 0.3) is 0 Å². The Labute approximate surface area is 171 Å². The van der Waals surface area contributed by atoms with Gasteiger partial charge in [-0.2, -0.15) is 0 Å². The Hall–Kier alpha value is -2.61. The number of ether oxygens (including phenoxy) is 1. The lowest BCUT2D eigenvalue weighted by atomic mass is 10.1. The summed E-state index contributed by atoms with van der Waals surface area (Å²) < 4.78 is 44.7. The lowest BCUT2D eigenvalue weighted by Gasteiger charge is -2.31. The third-order valence-electron chi connectivity index (χ3n) is 4.32. The van der Waals surface area contributed by atoms with Crippen molar-refractivity contribution in [1.82, 2.24) is 5.32 Å². The van der Waals surface area contributed by atoms with Gasteiger partial charge >= 0.3 is 0 Å². The normalized spacial score (nSPS) is 13.4. The van der Waals surface area contributed by atoms with E-state index in [-0.39, 0.29) is 24.8 Å². The number of nitrogens with zero attached hydrogens (tertiary/aromatic N) is 1. The number of halogens is 1. The van der Waals surface area contributed by atoms with Gasteiger partial charge in [0.2, 0.25) is 15.9 Å². The molecule has 8 heteroatoms. The summed E-state index contributed by atoms with van der Waals surface area (Å²) >= 11 is 0. The van der Waals surface area contributed by atoms with Crippen LogP contribution in [-0.2, 0) is 14.8 Å². The number of carbonyl (C=O) groups excluding carboxylic acids is 1. The van der Waals surface area contributed by atoms with Crippen molar-refractivity contribution < 1.29 is 22.3 Å². The smallest absolute Gasteiger partial charge is 0.244 e. The predicted octanol–water partition coefficient (Wildman–Crippen LogP) is 3.26. The number of hydrogen-bond donors (Lipinski definition) is 1. The minimum Gasteiger partial charge on any atom is -0.491 e. The van der Waals surface area contributed by atoms with E-state index in [4.69, 9.17) is 4.74 Å². The maximum atomic E-state index is 13.2. The van der Waals surface area contributed by atoms with Gasteiger partial charge in [-0.15, -0.1) is 0 Å². The number of benzene rings is 2. The number of hydrogen-bond acceptors (Lipinski definition) is 4. The van der Waals surface area contributed by atoms with Crippen molar-refractivity contribution in [1.29, 1.82) is 0 Å². The summed E-state index contributed by atoms with van der Waals surface area (Å²) in [6.07, 6.45) is 1.28. The molecule has 0 fully saturated rings. The minimum absolute atomic E-state index is 0.236. The van der Waals surface area contributed by atoms with Crippen molar-refractivity contribution in [2.75, 3.05) is 17.2 Å². The first kappa shape index (κ1) is 22.7. The maximum Gasteiger partial charge on any atom is 0.244 e. The summed E-state index contributed by atoms with van der Waals surface area (Å²) in [4.78, 5) is 12.8. The molecule has 1 amide bonds. The Bertz CT molecular complexity index is 915. The van der Waals surface area contributed by atoms with Gasteiger partial charge in [0.15, 0.2) is 0 Å². The summed E-state index contributed by atoms with van der Waals surface area (Å²) in [5, 5.41) is 2.80. The molecular weight excluding hydrogens is 395 g/mol. The summed E-state index contributed by atoms with van der Waals surface area (Å²) in [5.41, 5.74) is 1.35. The highest BCUT2D eigenvalue weighted by Gasteiger charge is 2.32. The average Bonchev–Trinajstić information content (AvgIpc) is 2.65. The largest absolute Gasteiger partial charge is 0.491 e. The van der Waals surface area contributed by atoms with E-state index in [1.54, 1.807) is 13.8 Å². The fraction of sp³-hybridized carbons (Fsp3) is 0.381. The molecule has 0 radical (unpaired) electrons. The molecule has 158 valence electrons. The van der Waals surface area contributed by atoms with Crippen LogP contribution in [0.2, 0.25) is 0 Å². The van der Waals surface area contributed by atoms with Crippen molar-refractivity contribution in [3.05, 3.63) is 59.9 Å². The van der Waals surface area contributed by atoms with E-state index in [9.17, 15) is 17.6 Å². The van der Waals surface area contributed by atoms with Gasteiger partial charge in [-0.25, -0.2) is 12.8 Å². The average molecular weight is 423 g/mol. The molecule has 0 heterocycles. The van der Waals surface area contributed by atoms with Gasteiger partial charge in [-0.05, 0) is 56.7 Å². The van der Waals surface area contributed by atoms with Gasteiger partial charge in [0, 0.05) is 0 Å². The van der Waals surface area contributed by atoms with Crippen LogP contribution in [0.5, 0.6) is 5.75 Å². The quantitative estimate of drug-likeness (QED) is 0.673. The Morgan fingerprint density at radius 3 is 2.24 bits per heavy atom. The number of carbonyl (C=O) groups is 1. The number of sulfonamides is 1. The van der Waals surface area contributed by atoms with Crippen molar-refractivity contribution in [3.63, 3.8) is 0 Å². The van der Waals surface area contributed by atoms with E-state index in [1.807, 2.05) is 31.2 Å². The van der Waals surface area contributed by atoms with Gasteiger partial charge in [0.05, 0.1) is 18.0 Å². The van der Waals surface area contributed by atoms with Crippen molar-refractivity contribution >= 4 is 21.6 Å². The highest BCUT2D eigenvalue weighted by Crippen LogP contribution is 2.23. The van der Waals surface area contributed by atoms with E-state index in [1.165, 1.54) is 12.1 Å². The zero-order valence-electron chi connectivity index (χ0n) is 17.1. The van der Waals surface area contributed by atoms with E-state index >= 15 is 0 Å². The first-order valence-electron chi connectivity index (χ1n) is 9.36. The number of rotatable bonds is 9. The highest BCUT2D eigenvalue weighted by molar-refractivity contribution is 7.92. The number of amides is 1. The molecule has 0 unspecified atom stereocenters. The van der Waals surface area contributed by atoms with Crippen LogP contribution in [0.3, 0.4) is 0 Å². The van der Waals surface area contributed by atoms with E-state index in [0.29, 0.717) is 5.75 Å². The fourth-order valence-corrected chi connectivity index (χ4v) is 4.10. The molecule has 2 rings (SSSR count).